The van der Waals surface area contributed by atoms with Gasteiger partial charge in [0, 0.05) is 11.8 Å². The van der Waals surface area contributed by atoms with E-state index in [1.54, 1.807) is 0 Å². The summed E-state index contributed by atoms with van der Waals surface area (Å²) < 4.78 is 28.3. The van der Waals surface area contributed by atoms with E-state index in [1.807, 2.05) is 19.2 Å². The molecular formula is C10H16F2N2OS. The SMILES string of the molecule is CC(C)(N)c1csc(CCOCC(F)F)n1. The number of hydrogen-bond donors (Lipinski definition) is 1. The van der Waals surface area contributed by atoms with Crippen molar-refractivity contribution >= 4 is 11.3 Å². The molecule has 0 bridgehead atoms. The first kappa shape index (κ1) is 13.5. The van der Waals surface area contributed by atoms with Gasteiger partial charge >= 0.3 is 0 Å². The number of nitrogens with two attached hydrogens (primary N) is 1. The molecule has 6 heteroatoms. The van der Waals surface area contributed by atoms with E-state index in [-0.39, 0.29) is 6.61 Å². The van der Waals surface area contributed by atoms with E-state index in [4.69, 9.17) is 10.5 Å². The quantitative estimate of drug-likeness (QED) is 0.787. The average molecular weight is 250 g/mol. The van der Waals surface area contributed by atoms with Crippen molar-refractivity contribution < 1.29 is 13.5 Å². The molecule has 1 aromatic heterocycles. The molecule has 92 valence electrons. The summed E-state index contributed by atoms with van der Waals surface area (Å²) in [4.78, 5) is 4.32. The Morgan fingerprint density at radius 2 is 2.25 bits per heavy atom. The molecule has 0 aliphatic rings. The molecule has 0 saturated carbocycles. The van der Waals surface area contributed by atoms with Gasteiger partial charge in [-0.05, 0) is 13.8 Å². The second-order valence-corrected chi connectivity index (χ2v) is 5.01. The van der Waals surface area contributed by atoms with E-state index >= 15 is 0 Å². The summed E-state index contributed by atoms with van der Waals surface area (Å²) >= 11 is 1.48. The lowest BCUT2D eigenvalue weighted by Gasteiger charge is -2.14. The fraction of sp³-hybridized carbons (Fsp3) is 0.700. The van der Waals surface area contributed by atoms with E-state index in [9.17, 15) is 8.78 Å². The van der Waals surface area contributed by atoms with Gasteiger partial charge in [0.1, 0.15) is 6.61 Å². The van der Waals surface area contributed by atoms with Crippen LogP contribution in [0.25, 0.3) is 0 Å². The van der Waals surface area contributed by atoms with Gasteiger partial charge in [-0.2, -0.15) is 0 Å². The molecule has 2 N–H and O–H groups in total. The zero-order chi connectivity index (χ0) is 12.2. The molecule has 0 aliphatic carbocycles. The van der Waals surface area contributed by atoms with Gasteiger partial charge in [0.05, 0.1) is 22.8 Å². The number of aromatic nitrogens is 1. The summed E-state index contributed by atoms with van der Waals surface area (Å²) in [6.45, 7) is 3.50. The number of halogens is 2. The van der Waals surface area contributed by atoms with Crippen molar-refractivity contribution in [1.29, 1.82) is 0 Å². The van der Waals surface area contributed by atoms with Gasteiger partial charge in [-0.3, -0.25) is 0 Å². The first-order valence-electron chi connectivity index (χ1n) is 4.99. The maximum atomic E-state index is 11.8. The van der Waals surface area contributed by atoms with Crippen LogP contribution < -0.4 is 5.73 Å². The van der Waals surface area contributed by atoms with Gasteiger partial charge in [0.25, 0.3) is 6.43 Å². The number of hydrogen-bond acceptors (Lipinski definition) is 4. The number of thiazole rings is 1. The molecular weight excluding hydrogens is 234 g/mol. The summed E-state index contributed by atoms with van der Waals surface area (Å²) in [5, 5.41) is 2.76. The number of rotatable bonds is 6. The molecule has 0 unspecified atom stereocenters. The summed E-state index contributed by atoms with van der Waals surface area (Å²) in [7, 11) is 0. The highest BCUT2D eigenvalue weighted by molar-refractivity contribution is 7.09. The van der Waals surface area contributed by atoms with Crippen LogP contribution in [0.2, 0.25) is 0 Å². The van der Waals surface area contributed by atoms with Crippen molar-refractivity contribution in [3.63, 3.8) is 0 Å². The molecule has 0 aliphatic heterocycles. The Kier molecular flexibility index (Phi) is 4.76. The lowest BCUT2D eigenvalue weighted by atomic mass is 10.0. The second-order valence-electron chi connectivity index (χ2n) is 4.06. The van der Waals surface area contributed by atoms with E-state index in [2.05, 4.69) is 4.98 Å². The van der Waals surface area contributed by atoms with Crippen molar-refractivity contribution in [3.8, 4) is 0 Å². The van der Waals surface area contributed by atoms with Gasteiger partial charge in [0.2, 0.25) is 0 Å². The Labute approximate surface area is 97.6 Å². The Balaban J connectivity index is 2.36. The number of ether oxygens (including phenoxy) is 1. The van der Waals surface area contributed by atoms with Crippen LogP contribution in [0.15, 0.2) is 5.38 Å². The summed E-state index contributed by atoms with van der Waals surface area (Å²) in [6, 6.07) is 0. The Morgan fingerprint density at radius 3 is 2.75 bits per heavy atom. The standard InChI is InChI=1S/C10H16F2N2OS/c1-10(2,13)7-6-16-9(14-7)3-4-15-5-8(11)12/h6,8H,3-5,13H2,1-2H3. The summed E-state index contributed by atoms with van der Waals surface area (Å²) in [5.41, 5.74) is 6.24. The molecule has 1 aromatic rings. The molecule has 0 spiro atoms. The van der Waals surface area contributed by atoms with E-state index < -0.39 is 18.6 Å². The minimum atomic E-state index is -2.41. The van der Waals surface area contributed by atoms with Crippen LogP contribution in [0, 0.1) is 0 Å². The van der Waals surface area contributed by atoms with E-state index in [0.717, 1.165) is 10.7 Å². The van der Waals surface area contributed by atoms with Crippen molar-refractivity contribution in [2.24, 2.45) is 5.73 Å². The zero-order valence-electron chi connectivity index (χ0n) is 9.37. The van der Waals surface area contributed by atoms with Gasteiger partial charge < -0.3 is 10.5 Å². The smallest absolute Gasteiger partial charge is 0.261 e. The van der Waals surface area contributed by atoms with Gasteiger partial charge in [-0.15, -0.1) is 11.3 Å². The fourth-order valence-corrected chi connectivity index (χ4v) is 2.01. The average Bonchev–Trinajstić information content (AvgIpc) is 2.59. The topological polar surface area (TPSA) is 48.1 Å². The second kappa shape index (κ2) is 5.65. The molecule has 0 atom stereocenters. The molecule has 0 saturated heterocycles. The summed E-state index contributed by atoms with van der Waals surface area (Å²) in [6.07, 6.45) is -1.86. The van der Waals surface area contributed by atoms with Gasteiger partial charge in [-0.25, -0.2) is 13.8 Å². The third kappa shape index (κ3) is 4.51. The molecule has 1 rings (SSSR count). The number of alkyl halides is 2. The van der Waals surface area contributed by atoms with Crippen LogP contribution in [-0.2, 0) is 16.7 Å². The predicted molar refractivity (Wildman–Crippen MR) is 59.9 cm³/mol. The maximum Gasteiger partial charge on any atom is 0.261 e. The minimum absolute atomic E-state index is 0.266. The lowest BCUT2D eigenvalue weighted by molar-refractivity contribution is 0.0187. The van der Waals surface area contributed by atoms with E-state index in [1.165, 1.54) is 11.3 Å². The van der Waals surface area contributed by atoms with Crippen LogP contribution in [0.3, 0.4) is 0 Å². The Morgan fingerprint density at radius 1 is 1.56 bits per heavy atom. The van der Waals surface area contributed by atoms with Crippen molar-refractivity contribution in [2.45, 2.75) is 32.2 Å². The third-order valence-corrected chi connectivity index (χ3v) is 2.82. The van der Waals surface area contributed by atoms with Crippen molar-refractivity contribution in [1.82, 2.24) is 4.98 Å². The molecule has 0 amide bonds. The molecule has 1 heterocycles. The highest BCUT2D eigenvalue weighted by Crippen LogP contribution is 2.19. The molecule has 16 heavy (non-hydrogen) atoms. The Bertz CT molecular complexity index is 323. The molecule has 0 aromatic carbocycles. The fourth-order valence-electron chi connectivity index (χ4n) is 1.05. The van der Waals surface area contributed by atoms with Crippen LogP contribution in [0.5, 0.6) is 0 Å². The van der Waals surface area contributed by atoms with Gasteiger partial charge in [0.15, 0.2) is 0 Å². The van der Waals surface area contributed by atoms with Crippen molar-refractivity contribution in [3.05, 3.63) is 16.1 Å². The third-order valence-electron chi connectivity index (χ3n) is 1.92. The largest absolute Gasteiger partial charge is 0.375 e. The van der Waals surface area contributed by atoms with Gasteiger partial charge in [-0.1, -0.05) is 0 Å². The molecule has 0 radical (unpaired) electrons. The van der Waals surface area contributed by atoms with Crippen molar-refractivity contribution in [2.75, 3.05) is 13.2 Å². The lowest BCUT2D eigenvalue weighted by Crippen LogP contribution is -2.29. The zero-order valence-corrected chi connectivity index (χ0v) is 10.2. The predicted octanol–water partition coefficient (Wildman–Crippen LogP) is 2.16. The van der Waals surface area contributed by atoms with E-state index in [0.29, 0.717) is 6.42 Å². The normalized spacial score (nSPS) is 12.4. The van der Waals surface area contributed by atoms with Crippen LogP contribution in [0.4, 0.5) is 8.78 Å². The molecule has 0 fully saturated rings. The highest BCUT2D eigenvalue weighted by atomic mass is 32.1. The number of nitrogens with zero attached hydrogens (tertiary/aromatic N) is 1. The van der Waals surface area contributed by atoms with Crippen LogP contribution in [0.1, 0.15) is 24.5 Å². The van der Waals surface area contributed by atoms with Crippen LogP contribution in [-0.4, -0.2) is 24.6 Å². The summed E-state index contributed by atoms with van der Waals surface area (Å²) in [5.74, 6) is 0. The minimum Gasteiger partial charge on any atom is -0.375 e. The first-order valence-corrected chi connectivity index (χ1v) is 5.87. The monoisotopic (exact) mass is 250 g/mol. The highest BCUT2D eigenvalue weighted by Gasteiger charge is 2.17. The molecule has 3 nitrogen and oxygen atoms in total. The Hall–Kier alpha value is -0.590. The van der Waals surface area contributed by atoms with Crippen LogP contribution >= 0.6 is 11.3 Å². The first-order chi connectivity index (χ1) is 7.39. The maximum absolute atomic E-state index is 11.8.